The van der Waals surface area contributed by atoms with Crippen LogP contribution >= 0.6 is 0 Å². The molecular weight excluding hydrogens is 214 g/mol. The molecule has 1 N–H and O–H groups in total. The monoisotopic (exact) mass is 241 g/mol. The maximum Gasteiger partial charge on any atom is 0.236 e. The maximum atomic E-state index is 12.1. The summed E-state index contributed by atoms with van der Waals surface area (Å²) in [5, 5.41) is 3.29. The quantitative estimate of drug-likeness (QED) is 0.682. The van der Waals surface area contributed by atoms with E-state index in [1.807, 2.05) is 19.0 Å². The van der Waals surface area contributed by atoms with E-state index in [1.54, 1.807) is 0 Å². The van der Waals surface area contributed by atoms with Crippen molar-refractivity contribution >= 4 is 5.91 Å². The molecule has 0 saturated heterocycles. The summed E-state index contributed by atoms with van der Waals surface area (Å²) < 4.78 is 0. The van der Waals surface area contributed by atoms with E-state index in [0.717, 1.165) is 19.6 Å². The Kier molecular flexibility index (Phi) is 5.92. The second-order valence-electron chi connectivity index (χ2n) is 5.69. The van der Waals surface area contributed by atoms with Crippen LogP contribution in [0, 0.1) is 5.92 Å². The van der Waals surface area contributed by atoms with Crippen molar-refractivity contribution in [2.45, 2.75) is 32.7 Å². The van der Waals surface area contributed by atoms with Crippen LogP contribution in [0.15, 0.2) is 0 Å². The molecule has 0 aromatic heterocycles. The zero-order valence-electron chi connectivity index (χ0n) is 11.7. The van der Waals surface area contributed by atoms with E-state index in [0.29, 0.717) is 18.5 Å². The second-order valence-corrected chi connectivity index (χ2v) is 5.69. The van der Waals surface area contributed by atoms with Crippen LogP contribution in [0.1, 0.15) is 26.7 Å². The molecule has 0 heterocycles. The molecule has 0 unspecified atom stereocenters. The number of hydrogen-bond donors (Lipinski definition) is 1. The number of hydrogen-bond acceptors (Lipinski definition) is 3. The van der Waals surface area contributed by atoms with Crippen molar-refractivity contribution in [2.24, 2.45) is 5.92 Å². The van der Waals surface area contributed by atoms with Gasteiger partial charge in [-0.05, 0) is 32.9 Å². The highest BCUT2D eigenvalue weighted by atomic mass is 16.2. The van der Waals surface area contributed by atoms with Crippen molar-refractivity contribution in [3.05, 3.63) is 0 Å². The lowest BCUT2D eigenvalue weighted by molar-refractivity contribution is -0.131. The van der Waals surface area contributed by atoms with Gasteiger partial charge in [0.15, 0.2) is 0 Å². The highest BCUT2D eigenvalue weighted by Crippen LogP contribution is 2.18. The second kappa shape index (κ2) is 6.97. The van der Waals surface area contributed by atoms with Crippen LogP contribution in [-0.4, -0.2) is 62.0 Å². The molecule has 1 amide bonds. The summed E-state index contributed by atoms with van der Waals surface area (Å²) in [6.07, 6.45) is 2.46. The van der Waals surface area contributed by atoms with E-state index in [1.165, 1.54) is 12.8 Å². The molecule has 0 aromatic rings. The summed E-state index contributed by atoms with van der Waals surface area (Å²) >= 11 is 0. The molecule has 17 heavy (non-hydrogen) atoms. The van der Waals surface area contributed by atoms with Crippen LogP contribution in [0.4, 0.5) is 0 Å². The van der Waals surface area contributed by atoms with Crippen molar-refractivity contribution in [1.29, 1.82) is 0 Å². The van der Waals surface area contributed by atoms with Crippen LogP contribution in [-0.2, 0) is 4.79 Å². The summed E-state index contributed by atoms with van der Waals surface area (Å²) in [5.74, 6) is 0.773. The Morgan fingerprint density at radius 2 is 1.94 bits per heavy atom. The number of carbonyl (C=O) groups is 1. The van der Waals surface area contributed by atoms with Crippen molar-refractivity contribution in [3.63, 3.8) is 0 Å². The normalized spacial score (nSPS) is 15.6. The van der Waals surface area contributed by atoms with Crippen LogP contribution in [0.25, 0.3) is 0 Å². The number of nitrogens with one attached hydrogen (secondary N) is 1. The zero-order chi connectivity index (χ0) is 12.8. The first kappa shape index (κ1) is 14.5. The van der Waals surface area contributed by atoms with Gasteiger partial charge in [0.05, 0.1) is 6.54 Å². The summed E-state index contributed by atoms with van der Waals surface area (Å²) in [4.78, 5) is 16.2. The van der Waals surface area contributed by atoms with Gasteiger partial charge in [0.25, 0.3) is 0 Å². The maximum absolute atomic E-state index is 12.1. The van der Waals surface area contributed by atoms with Gasteiger partial charge in [0, 0.05) is 25.7 Å². The summed E-state index contributed by atoms with van der Waals surface area (Å²) in [6, 6.07) is 0.605. The van der Waals surface area contributed by atoms with Gasteiger partial charge < -0.3 is 15.1 Å². The number of likely N-dealkylation sites (N-methyl/N-ethyl adjacent to an activating group) is 1. The van der Waals surface area contributed by atoms with Crippen LogP contribution < -0.4 is 5.32 Å². The van der Waals surface area contributed by atoms with E-state index in [-0.39, 0.29) is 5.91 Å². The standard InChI is InChI=1S/C13H27N3O/c1-11(2)10-16(8-7-15(3)4)13(17)9-14-12-5-6-12/h11-12,14H,5-10H2,1-4H3. The summed E-state index contributed by atoms with van der Waals surface area (Å²) in [6.45, 7) is 7.44. The van der Waals surface area contributed by atoms with E-state index >= 15 is 0 Å². The van der Waals surface area contributed by atoms with Crippen LogP contribution in [0.3, 0.4) is 0 Å². The molecule has 1 aliphatic rings. The lowest BCUT2D eigenvalue weighted by Crippen LogP contribution is -2.43. The van der Waals surface area contributed by atoms with Gasteiger partial charge in [-0.3, -0.25) is 4.79 Å². The molecule has 0 bridgehead atoms. The minimum absolute atomic E-state index is 0.243. The Labute approximate surface area is 105 Å². The molecular formula is C13H27N3O. The van der Waals surface area contributed by atoms with E-state index in [2.05, 4.69) is 24.1 Å². The molecule has 100 valence electrons. The van der Waals surface area contributed by atoms with Gasteiger partial charge in [0.1, 0.15) is 0 Å². The van der Waals surface area contributed by atoms with Gasteiger partial charge >= 0.3 is 0 Å². The van der Waals surface area contributed by atoms with Crippen molar-refractivity contribution in [2.75, 3.05) is 40.3 Å². The molecule has 4 heteroatoms. The van der Waals surface area contributed by atoms with Gasteiger partial charge in [-0.1, -0.05) is 13.8 Å². The molecule has 4 nitrogen and oxygen atoms in total. The van der Waals surface area contributed by atoms with Crippen LogP contribution in [0.5, 0.6) is 0 Å². The SMILES string of the molecule is CC(C)CN(CCN(C)C)C(=O)CNC1CC1. The summed E-state index contributed by atoms with van der Waals surface area (Å²) in [5.41, 5.74) is 0. The third kappa shape index (κ3) is 6.64. The molecule has 0 spiro atoms. The summed E-state index contributed by atoms with van der Waals surface area (Å²) in [7, 11) is 4.08. The predicted octanol–water partition coefficient (Wildman–Crippen LogP) is 0.785. The van der Waals surface area contributed by atoms with Gasteiger partial charge in [0.2, 0.25) is 5.91 Å². The Morgan fingerprint density at radius 3 is 2.41 bits per heavy atom. The highest BCUT2D eigenvalue weighted by molar-refractivity contribution is 5.78. The fourth-order valence-corrected chi connectivity index (χ4v) is 1.71. The van der Waals surface area contributed by atoms with E-state index in [9.17, 15) is 4.79 Å². The van der Waals surface area contributed by atoms with Crippen molar-refractivity contribution < 1.29 is 4.79 Å². The average molecular weight is 241 g/mol. The largest absolute Gasteiger partial charge is 0.340 e. The topological polar surface area (TPSA) is 35.6 Å². The minimum Gasteiger partial charge on any atom is -0.340 e. The fraction of sp³-hybridized carbons (Fsp3) is 0.923. The van der Waals surface area contributed by atoms with Crippen LogP contribution in [0.2, 0.25) is 0 Å². The molecule has 0 atom stereocenters. The third-order valence-electron chi connectivity index (χ3n) is 2.87. The predicted molar refractivity (Wildman–Crippen MR) is 71.0 cm³/mol. The van der Waals surface area contributed by atoms with E-state index in [4.69, 9.17) is 0 Å². The fourth-order valence-electron chi connectivity index (χ4n) is 1.71. The van der Waals surface area contributed by atoms with Gasteiger partial charge in [-0.25, -0.2) is 0 Å². The Balaban J connectivity index is 2.32. The smallest absolute Gasteiger partial charge is 0.236 e. The number of nitrogens with zero attached hydrogens (tertiary/aromatic N) is 2. The number of rotatable bonds is 8. The lowest BCUT2D eigenvalue weighted by Gasteiger charge is -2.26. The molecule has 0 radical (unpaired) electrons. The average Bonchev–Trinajstić information content (AvgIpc) is 3.03. The first-order valence-corrected chi connectivity index (χ1v) is 6.65. The highest BCUT2D eigenvalue weighted by Gasteiger charge is 2.23. The van der Waals surface area contributed by atoms with E-state index < -0.39 is 0 Å². The van der Waals surface area contributed by atoms with Gasteiger partial charge in [-0.2, -0.15) is 0 Å². The van der Waals surface area contributed by atoms with Gasteiger partial charge in [-0.15, -0.1) is 0 Å². The Morgan fingerprint density at radius 1 is 1.29 bits per heavy atom. The molecule has 1 fully saturated rings. The molecule has 1 rings (SSSR count). The minimum atomic E-state index is 0.243. The molecule has 0 aromatic carbocycles. The Bertz CT molecular complexity index is 237. The van der Waals surface area contributed by atoms with Crippen molar-refractivity contribution in [1.82, 2.24) is 15.1 Å². The molecule has 0 aliphatic heterocycles. The first-order chi connectivity index (χ1) is 7.99. The first-order valence-electron chi connectivity index (χ1n) is 6.65. The number of amides is 1. The lowest BCUT2D eigenvalue weighted by atomic mass is 10.2. The number of carbonyl (C=O) groups excluding carboxylic acids is 1. The zero-order valence-corrected chi connectivity index (χ0v) is 11.7. The van der Waals surface area contributed by atoms with Crippen molar-refractivity contribution in [3.8, 4) is 0 Å². The third-order valence-corrected chi connectivity index (χ3v) is 2.87. The molecule has 1 aliphatic carbocycles. The molecule has 1 saturated carbocycles. The Hall–Kier alpha value is -0.610.